The van der Waals surface area contributed by atoms with Gasteiger partial charge in [-0.2, -0.15) is 0 Å². The summed E-state index contributed by atoms with van der Waals surface area (Å²) in [5, 5.41) is 8.66. The van der Waals surface area contributed by atoms with Gasteiger partial charge in [-0.15, -0.1) is 0 Å². The number of hydrogen-bond donors (Lipinski definition) is 3. The first kappa shape index (κ1) is 25.4. The summed E-state index contributed by atoms with van der Waals surface area (Å²) in [5.74, 6) is 0.240. The number of carbonyl (C=O) groups is 2. The lowest BCUT2D eigenvalue weighted by molar-refractivity contribution is -0.115. The van der Waals surface area contributed by atoms with E-state index in [0.29, 0.717) is 40.2 Å². The van der Waals surface area contributed by atoms with Gasteiger partial charge in [0, 0.05) is 29.8 Å². The number of halogens is 1. The van der Waals surface area contributed by atoms with E-state index in [9.17, 15) is 9.59 Å². The zero-order chi connectivity index (χ0) is 24.5. The molecule has 3 rings (SSSR count). The minimum absolute atomic E-state index is 0.0748. The molecule has 0 saturated heterocycles. The standard InChI is InChI=1S/C26H26BrN3O3S/c1-3-24(31)29-22-16-20(11-9-17(22)2)28-26(34)30-25(32)19-10-12-23(21(27)15-19)33-14-13-18-7-5-4-6-8-18/h4-12,15-16H,3,13-14H2,1-2H3,(H,29,31)(H2,28,30,32,34). The summed E-state index contributed by atoms with van der Waals surface area (Å²) in [7, 11) is 0. The second kappa shape index (κ2) is 12.3. The number of carbonyl (C=O) groups excluding carboxylic acids is 2. The Morgan fingerprint density at radius 2 is 1.76 bits per heavy atom. The predicted octanol–water partition coefficient (Wildman–Crippen LogP) is 5.85. The van der Waals surface area contributed by atoms with Gasteiger partial charge in [-0.1, -0.05) is 43.3 Å². The van der Waals surface area contributed by atoms with Gasteiger partial charge in [0.25, 0.3) is 5.91 Å². The van der Waals surface area contributed by atoms with Crippen LogP contribution in [0.3, 0.4) is 0 Å². The summed E-state index contributed by atoms with van der Waals surface area (Å²) in [6, 6.07) is 20.7. The molecule has 0 spiro atoms. The van der Waals surface area contributed by atoms with Crippen molar-refractivity contribution in [2.24, 2.45) is 0 Å². The van der Waals surface area contributed by atoms with Crippen LogP contribution in [0, 0.1) is 6.92 Å². The van der Waals surface area contributed by atoms with Gasteiger partial charge in [0.1, 0.15) is 5.75 Å². The van der Waals surface area contributed by atoms with Gasteiger partial charge in [0.15, 0.2) is 5.11 Å². The molecule has 2 amide bonds. The first-order chi connectivity index (χ1) is 16.4. The molecule has 0 aromatic heterocycles. The van der Waals surface area contributed by atoms with Gasteiger partial charge in [0.05, 0.1) is 11.1 Å². The monoisotopic (exact) mass is 539 g/mol. The highest BCUT2D eigenvalue weighted by atomic mass is 79.9. The molecule has 3 aromatic carbocycles. The van der Waals surface area contributed by atoms with E-state index in [4.69, 9.17) is 17.0 Å². The maximum atomic E-state index is 12.7. The molecule has 3 N–H and O–H groups in total. The van der Waals surface area contributed by atoms with E-state index < -0.39 is 0 Å². The quantitative estimate of drug-likeness (QED) is 0.312. The predicted molar refractivity (Wildman–Crippen MR) is 144 cm³/mol. The fourth-order valence-electron chi connectivity index (χ4n) is 3.09. The zero-order valence-electron chi connectivity index (χ0n) is 19.0. The summed E-state index contributed by atoms with van der Waals surface area (Å²) < 4.78 is 6.53. The summed E-state index contributed by atoms with van der Waals surface area (Å²) in [4.78, 5) is 24.4. The lowest BCUT2D eigenvalue weighted by Gasteiger charge is -2.13. The molecule has 0 fully saturated rings. The van der Waals surface area contributed by atoms with Crippen molar-refractivity contribution in [3.63, 3.8) is 0 Å². The molecular formula is C26H26BrN3O3S. The van der Waals surface area contributed by atoms with E-state index in [1.807, 2.05) is 37.3 Å². The number of rotatable bonds is 8. The van der Waals surface area contributed by atoms with Crippen molar-refractivity contribution in [1.82, 2.24) is 5.32 Å². The number of nitrogens with one attached hydrogen (secondary N) is 3. The van der Waals surface area contributed by atoms with Crippen molar-refractivity contribution < 1.29 is 14.3 Å². The Bertz CT molecular complexity index is 1190. The Morgan fingerprint density at radius 1 is 1.00 bits per heavy atom. The number of amides is 2. The molecule has 0 saturated carbocycles. The third-order valence-electron chi connectivity index (χ3n) is 5.00. The van der Waals surface area contributed by atoms with Crippen molar-refractivity contribution in [3.05, 3.63) is 87.9 Å². The minimum atomic E-state index is -0.347. The van der Waals surface area contributed by atoms with E-state index in [0.717, 1.165) is 12.0 Å². The minimum Gasteiger partial charge on any atom is -0.492 e. The fraction of sp³-hybridized carbons (Fsp3) is 0.192. The maximum Gasteiger partial charge on any atom is 0.257 e. The summed E-state index contributed by atoms with van der Waals surface area (Å²) in [5.41, 5.74) is 3.91. The summed E-state index contributed by atoms with van der Waals surface area (Å²) in [6.45, 7) is 4.22. The first-order valence-electron chi connectivity index (χ1n) is 10.8. The van der Waals surface area contributed by atoms with Crippen LogP contribution in [0.15, 0.2) is 71.2 Å². The van der Waals surface area contributed by atoms with Crippen LogP contribution < -0.4 is 20.7 Å². The average molecular weight is 540 g/mol. The van der Waals surface area contributed by atoms with Crippen LogP contribution in [0.25, 0.3) is 0 Å². The molecule has 6 nitrogen and oxygen atoms in total. The van der Waals surface area contributed by atoms with E-state index in [2.05, 4.69) is 44.0 Å². The Labute approximate surface area is 213 Å². The van der Waals surface area contributed by atoms with Crippen LogP contribution in [0.5, 0.6) is 5.75 Å². The van der Waals surface area contributed by atoms with Gasteiger partial charge in [-0.3, -0.25) is 14.9 Å². The summed E-state index contributed by atoms with van der Waals surface area (Å²) >= 11 is 8.77. The second-order valence-corrected chi connectivity index (χ2v) is 8.83. The molecule has 0 heterocycles. The van der Waals surface area contributed by atoms with Crippen molar-refractivity contribution in [1.29, 1.82) is 0 Å². The van der Waals surface area contributed by atoms with E-state index in [1.54, 1.807) is 31.2 Å². The van der Waals surface area contributed by atoms with E-state index >= 15 is 0 Å². The average Bonchev–Trinajstić information content (AvgIpc) is 2.82. The fourth-order valence-corrected chi connectivity index (χ4v) is 3.80. The lowest BCUT2D eigenvalue weighted by Crippen LogP contribution is -2.34. The molecule has 176 valence electrons. The number of benzene rings is 3. The van der Waals surface area contributed by atoms with E-state index in [-0.39, 0.29) is 16.9 Å². The van der Waals surface area contributed by atoms with Gasteiger partial charge in [0.2, 0.25) is 5.91 Å². The summed E-state index contributed by atoms with van der Waals surface area (Å²) in [6.07, 6.45) is 1.18. The van der Waals surface area contributed by atoms with Gasteiger partial charge >= 0.3 is 0 Å². The first-order valence-corrected chi connectivity index (χ1v) is 12.0. The van der Waals surface area contributed by atoms with E-state index in [1.165, 1.54) is 5.56 Å². The van der Waals surface area contributed by atoms with Crippen LogP contribution in [0.2, 0.25) is 0 Å². The number of aryl methyl sites for hydroxylation is 1. The number of thiocarbonyl (C=S) groups is 1. The highest BCUT2D eigenvalue weighted by Gasteiger charge is 2.12. The van der Waals surface area contributed by atoms with Crippen molar-refractivity contribution in [2.75, 3.05) is 17.2 Å². The van der Waals surface area contributed by atoms with Gasteiger partial charge in [-0.05, 0) is 76.5 Å². The molecule has 34 heavy (non-hydrogen) atoms. The molecule has 0 bridgehead atoms. The topological polar surface area (TPSA) is 79.5 Å². The smallest absolute Gasteiger partial charge is 0.257 e. The van der Waals surface area contributed by atoms with Crippen LogP contribution in [0.1, 0.15) is 34.8 Å². The number of hydrogen-bond acceptors (Lipinski definition) is 4. The highest BCUT2D eigenvalue weighted by molar-refractivity contribution is 9.10. The van der Waals surface area contributed by atoms with Crippen LogP contribution in [-0.2, 0) is 11.2 Å². The van der Waals surface area contributed by atoms with Crippen LogP contribution in [0.4, 0.5) is 11.4 Å². The Morgan fingerprint density at radius 3 is 2.47 bits per heavy atom. The molecule has 0 unspecified atom stereocenters. The zero-order valence-corrected chi connectivity index (χ0v) is 21.4. The normalized spacial score (nSPS) is 10.3. The molecule has 0 aliphatic carbocycles. The number of anilines is 2. The highest BCUT2D eigenvalue weighted by Crippen LogP contribution is 2.26. The SMILES string of the molecule is CCC(=O)Nc1cc(NC(=S)NC(=O)c2ccc(OCCc3ccccc3)c(Br)c2)ccc1C. The maximum absolute atomic E-state index is 12.7. The second-order valence-electron chi connectivity index (χ2n) is 7.57. The Balaban J connectivity index is 1.55. The molecule has 3 aromatic rings. The third-order valence-corrected chi connectivity index (χ3v) is 5.83. The van der Waals surface area contributed by atoms with Crippen molar-refractivity contribution in [2.45, 2.75) is 26.7 Å². The molecule has 0 aliphatic rings. The number of ether oxygens (including phenoxy) is 1. The van der Waals surface area contributed by atoms with Gasteiger partial charge < -0.3 is 15.4 Å². The van der Waals surface area contributed by atoms with Crippen molar-refractivity contribution in [3.8, 4) is 5.75 Å². The molecular weight excluding hydrogens is 514 g/mol. The van der Waals surface area contributed by atoms with Gasteiger partial charge in [-0.25, -0.2) is 0 Å². The largest absolute Gasteiger partial charge is 0.492 e. The molecule has 8 heteroatoms. The Kier molecular flexibility index (Phi) is 9.18. The Hall–Kier alpha value is -3.23. The molecule has 0 radical (unpaired) electrons. The molecule has 0 atom stereocenters. The van der Waals surface area contributed by atoms with Crippen LogP contribution in [-0.4, -0.2) is 23.5 Å². The molecule has 0 aliphatic heterocycles. The van der Waals surface area contributed by atoms with Crippen molar-refractivity contribution >= 4 is 56.4 Å². The lowest BCUT2D eigenvalue weighted by atomic mass is 10.1. The third kappa shape index (κ3) is 7.40. The van der Waals surface area contributed by atoms with Crippen LogP contribution >= 0.6 is 28.1 Å².